The van der Waals surface area contributed by atoms with Crippen molar-refractivity contribution in [3.63, 3.8) is 0 Å². The molecule has 0 fully saturated rings. The highest BCUT2D eigenvalue weighted by atomic mass is 15.0. The van der Waals surface area contributed by atoms with Crippen molar-refractivity contribution in [3.8, 4) is 0 Å². The first kappa shape index (κ1) is 9.06. The highest BCUT2D eigenvalue weighted by Crippen LogP contribution is 2.25. The average molecular weight is 189 g/mol. The number of anilines is 1. The number of hydrogen-bond acceptors (Lipinski definition) is 2. The van der Waals surface area contributed by atoms with Crippen LogP contribution in [0.25, 0.3) is 11.0 Å². The first-order valence-corrected chi connectivity index (χ1v) is 4.72. The van der Waals surface area contributed by atoms with E-state index in [-0.39, 0.29) is 5.41 Å². The van der Waals surface area contributed by atoms with Crippen LogP contribution in [0.3, 0.4) is 0 Å². The van der Waals surface area contributed by atoms with Gasteiger partial charge in [0, 0.05) is 0 Å². The Morgan fingerprint density at radius 3 is 2.64 bits per heavy atom. The van der Waals surface area contributed by atoms with Gasteiger partial charge in [-0.25, -0.2) is 4.98 Å². The van der Waals surface area contributed by atoms with Gasteiger partial charge in [0.05, 0.1) is 11.0 Å². The molecule has 0 aliphatic heterocycles. The van der Waals surface area contributed by atoms with Gasteiger partial charge in [-0.1, -0.05) is 26.8 Å². The minimum atomic E-state index is 0.161. The predicted octanol–water partition coefficient (Wildman–Crippen LogP) is 2.44. The van der Waals surface area contributed by atoms with E-state index in [9.17, 15) is 0 Å². The molecule has 0 radical (unpaired) electrons. The smallest absolute Gasteiger partial charge is 0.198 e. The molecule has 0 unspecified atom stereocenters. The summed E-state index contributed by atoms with van der Waals surface area (Å²) in [5.74, 6) is 0.478. The second-order valence-electron chi connectivity index (χ2n) is 4.60. The molecule has 2 rings (SSSR count). The van der Waals surface area contributed by atoms with Crippen LogP contribution < -0.4 is 5.73 Å². The minimum absolute atomic E-state index is 0.161. The van der Waals surface area contributed by atoms with E-state index in [1.807, 2.05) is 6.07 Å². The van der Waals surface area contributed by atoms with Gasteiger partial charge in [0.25, 0.3) is 0 Å². The second kappa shape index (κ2) is 2.74. The largest absolute Gasteiger partial charge is 0.369 e. The molecular weight excluding hydrogens is 174 g/mol. The molecule has 0 amide bonds. The van der Waals surface area contributed by atoms with Gasteiger partial charge in [-0.15, -0.1) is 0 Å². The molecule has 0 atom stereocenters. The zero-order valence-electron chi connectivity index (χ0n) is 8.76. The quantitative estimate of drug-likeness (QED) is 0.668. The SMILES string of the molecule is CC(C)(C)c1ccc2nc(N)[nH]c2c1. The number of aromatic nitrogens is 2. The van der Waals surface area contributed by atoms with Crippen molar-refractivity contribution in [1.82, 2.24) is 9.97 Å². The first-order chi connectivity index (χ1) is 6.47. The number of nitrogens with zero attached hydrogens (tertiary/aromatic N) is 1. The van der Waals surface area contributed by atoms with Crippen LogP contribution in [-0.2, 0) is 5.41 Å². The Hall–Kier alpha value is -1.51. The molecule has 0 saturated heterocycles. The maximum Gasteiger partial charge on any atom is 0.198 e. The summed E-state index contributed by atoms with van der Waals surface area (Å²) in [7, 11) is 0. The first-order valence-electron chi connectivity index (χ1n) is 4.72. The van der Waals surface area contributed by atoms with E-state index in [1.54, 1.807) is 0 Å². The molecule has 0 aliphatic carbocycles. The van der Waals surface area contributed by atoms with Crippen LogP contribution in [0, 0.1) is 0 Å². The van der Waals surface area contributed by atoms with Gasteiger partial charge in [0.1, 0.15) is 0 Å². The van der Waals surface area contributed by atoms with E-state index in [0.29, 0.717) is 5.95 Å². The highest BCUT2D eigenvalue weighted by molar-refractivity contribution is 5.78. The fourth-order valence-electron chi connectivity index (χ4n) is 1.50. The number of nitrogens with two attached hydrogens (primary N) is 1. The lowest BCUT2D eigenvalue weighted by molar-refractivity contribution is 0.591. The number of nitrogens with one attached hydrogen (secondary N) is 1. The van der Waals surface area contributed by atoms with E-state index < -0.39 is 0 Å². The van der Waals surface area contributed by atoms with E-state index in [1.165, 1.54) is 5.56 Å². The number of aromatic amines is 1. The normalized spacial score (nSPS) is 12.2. The van der Waals surface area contributed by atoms with Crippen LogP contribution in [-0.4, -0.2) is 9.97 Å². The van der Waals surface area contributed by atoms with Gasteiger partial charge in [-0.3, -0.25) is 0 Å². The summed E-state index contributed by atoms with van der Waals surface area (Å²) in [4.78, 5) is 7.20. The zero-order valence-corrected chi connectivity index (χ0v) is 8.76. The monoisotopic (exact) mass is 189 g/mol. The third kappa shape index (κ3) is 1.45. The number of hydrogen-bond donors (Lipinski definition) is 2. The molecule has 3 N–H and O–H groups in total. The molecule has 1 heterocycles. The van der Waals surface area contributed by atoms with Crippen LogP contribution >= 0.6 is 0 Å². The number of rotatable bonds is 0. The molecule has 3 heteroatoms. The third-order valence-electron chi connectivity index (χ3n) is 2.37. The van der Waals surface area contributed by atoms with Crippen LogP contribution in [0.5, 0.6) is 0 Å². The summed E-state index contributed by atoms with van der Waals surface area (Å²) in [6.07, 6.45) is 0. The molecule has 0 bridgehead atoms. The predicted molar refractivity (Wildman–Crippen MR) is 59.2 cm³/mol. The van der Waals surface area contributed by atoms with Crippen molar-refractivity contribution < 1.29 is 0 Å². The van der Waals surface area contributed by atoms with Gasteiger partial charge >= 0.3 is 0 Å². The third-order valence-corrected chi connectivity index (χ3v) is 2.37. The Bertz CT molecular complexity index is 463. The Morgan fingerprint density at radius 2 is 2.00 bits per heavy atom. The molecule has 1 aromatic heterocycles. The molecule has 14 heavy (non-hydrogen) atoms. The van der Waals surface area contributed by atoms with Gasteiger partial charge in [0.15, 0.2) is 5.95 Å². The fourth-order valence-corrected chi connectivity index (χ4v) is 1.50. The van der Waals surface area contributed by atoms with E-state index in [2.05, 4.69) is 42.9 Å². The van der Waals surface area contributed by atoms with Crippen molar-refractivity contribution in [2.75, 3.05) is 5.73 Å². The number of imidazole rings is 1. The van der Waals surface area contributed by atoms with Crippen LogP contribution in [0.15, 0.2) is 18.2 Å². The summed E-state index contributed by atoms with van der Waals surface area (Å²) in [5, 5.41) is 0. The maximum absolute atomic E-state index is 5.58. The average Bonchev–Trinajstić information content (AvgIpc) is 2.41. The molecule has 1 aromatic carbocycles. The van der Waals surface area contributed by atoms with Crippen molar-refractivity contribution >= 4 is 17.0 Å². The van der Waals surface area contributed by atoms with E-state index in [4.69, 9.17) is 5.73 Å². The Morgan fingerprint density at radius 1 is 1.29 bits per heavy atom. The fraction of sp³-hybridized carbons (Fsp3) is 0.364. The molecule has 2 aromatic rings. The summed E-state index contributed by atoms with van der Waals surface area (Å²) in [5.41, 5.74) is 8.97. The van der Waals surface area contributed by atoms with Gasteiger partial charge < -0.3 is 10.7 Å². The van der Waals surface area contributed by atoms with E-state index in [0.717, 1.165) is 11.0 Å². The van der Waals surface area contributed by atoms with Crippen molar-refractivity contribution in [3.05, 3.63) is 23.8 Å². The minimum Gasteiger partial charge on any atom is -0.369 e. The summed E-state index contributed by atoms with van der Waals surface area (Å²) in [6, 6.07) is 6.21. The van der Waals surface area contributed by atoms with Gasteiger partial charge in [-0.05, 0) is 23.1 Å². The Kier molecular flexibility index (Phi) is 1.77. The second-order valence-corrected chi connectivity index (χ2v) is 4.60. The lowest BCUT2D eigenvalue weighted by atomic mass is 9.87. The lowest BCUT2D eigenvalue weighted by Crippen LogP contribution is -2.10. The zero-order chi connectivity index (χ0) is 10.3. The number of H-pyrrole nitrogens is 1. The molecule has 0 aliphatic rings. The summed E-state index contributed by atoms with van der Waals surface area (Å²) < 4.78 is 0. The molecule has 0 spiro atoms. The summed E-state index contributed by atoms with van der Waals surface area (Å²) in [6.45, 7) is 6.57. The number of benzene rings is 1. The molecule has 74 valence electrons. The van der Waals surface area contributed by atoms with Crippen molar-refractivity contribution in [2.45, 2.75) is 26.2 Å². The van der Waals surface area contributed by atoms with Gasteiger partial charge in [0.2, 0.25) is 0 Å². The molecule has 0 saturated carbocycles. The van der Waals surface area contributed by atoms with Crippen LogP contribution in [0.4, 0.5) is 5.95 Å². The summed E-state index contributed by atoms with van der Waals surface area (Å²) >= 11 is 0. The Labute approximate surface area is 83.3 Å². The molecular formula is C11H15N3. The van der Waals surface area contributed by atoms with Crippen molar-refractivity contribution in [1.29, 1.82) is 0 Å². The molecule has 3 nitrogen and oxygen atoms in total. The maximum atomic E-state index is 5.58. The van der Waals surface area contributed by atoms with Crippen LogP contribution in [0.2, 0.25) is 0 Å². The lowest BCUT2D eigenvalue weighted by Gasteiger charge is -2.18. The number of fused-ring (bicyclic) bond motifs is 1. The van der Waals surface area contributed by atoms with Gasteiger partial charge in [-0.2, -0.15) is 0 Å². The topological polar surface area (TPSA) is 54.7 Å². The highest BCUT2D eigenvalue weighted by Gasteiger charge is 2.14. The van der Waals surface area contributed by atoms with Crippen molar-refractivity contribution in [2.24, 2.45) is 0 Å². The van der Waals surface area contributed by atoms with E-state index >= 15 is 0 Å². The van der Waals surface area contributed by atoms with Crippen LogP contribution in [0.1, 0.15) is 26.3 Å². The number of nitrogen functional groups attached to an aromatic ring is 1. The Balaban J connectivity index is 2.62. The standard InChI is InChI=1S/C11H15N3/c1-11(2,3)7-4-5-8-9(6-7)14-10(12)13-8/h4-6H,1-3H3,(H3,12,13,14).